The van der Waals surface area contributed by atoms with E-state index in [0.29, 0.717) is 0 Å². The summed E-state index contributed by atoms with van der Waals surface area (Å²) >= 11 is 0. The van der Waals surface area contributed by atoms with E-state index in [-0.39, 0.29) is 37.8 Å². The first-order valence-corrected chi connectivity index (χ1v) is 10.6. The Labute approximate surface area is 212 Å². The minimum absolute atomic E-state index is 0. The van der Waals surface area contributed by atoms with Crippen LogP contribution in [0.15, 0.2) is 30.3 Å². The van der Waals surface area contributed by atoms with Crippen LogP contribution in [0.1, 0.15) is 5.56 Å². The Hall–Kier alpha value is -1.37. The van der Waals surface area contributed by atoms with Crippen molar-refractivity contribution in [2.45, 2.75) is 19.6 Å². The smallest absolute Gasteiger partial charge is 0 e. The number of rotatable bonds is 0. The standard InChI is InChI=1S/C11H14Si.C5H5.6CO.Co.Mo/c1-12(2,3)10-9-11-7-5-4-6-8-11;1-2-4-5-3-1;6*1-2;;/h4-8H,1-3H3;1-5H;;;;;;;;. The monoisotopic (exact) mass is 564 g/mol. The van der Waals surface area contributed by atoms with Crippen LogP contribution >= 0.6 is 0 Å². The van der Waals surface area contributed by atoms with Crippen molar-refractivity contribution in [2.75, 3.05) is 0 Å². The van der Waals surface area contributed by atoms with Crippen LogP contribution in [0.2, 0.25) is 19.6 Å². The van der Waals surface area contributed by atoms with E-state index in [9.17, 15) is 0 Å². The fourth-order valence-corrected chi connectivity index (χ4v) is 1.62. The molecule has 0 aliphatic heterocycles. The molecule has 1 aliphatic carbocycles. The zero-order chi connectivity index (χ0) is 24.6. The number of benzene rings is 1. The van der Waals surface area contributed by atoms with Crippen LogP contribution < -0.4 is 0 Å². The van der Waals surface area contributed by atoms with Crippen molar-refractivity contribution in [1.82, 2.24) is 0 Å². The van der Waals surface area contributed by atoms with Crippen LogP contribution in [0.25, 0.3) is 0 Å². The maximum absolute atomic E-state index is 7.50. The molecule has 1 aromatic rings. The van der Waals surface area contributed by atoms with E-state index in [1.54, 1.807) is 0 Å². The Morgan fingerprint density at radius 3 is 1.06 bits per heavy atom. The second-order valence-electron chi connectivity index (χ2n) is 4.83. The maximum Gasteiger partial charge on any atom is 0 e. The summed E-state index contributed by atoms with van der Waals surface area (Å²) in [7, 11) is -1.20. The molecule has 1 fully saturated rings. The minimum Gasteiger partial charge on any atom is -0.0312 e. The van der Waals surface area contributed by atoms with Crippen LogP contribution in [0.5, 0.6) is 0 Å². The van der Waals surface area contributed by atoms with E-state index >= 15 is 0 Å². The molecule has 1 saturated carbocycles. The van der Waals surface area contributed by atoms with Gasteiger partial charge < -0.3 is 0 Å². The molecule has 9 heteroatoms. The third kappa shape index (κ3) is 65.3. The van der Waals surface area contributed by atoms with Gasteiger partial charge in [-0.1, -0.05) is 43.8 Å². The summed E-state index contributed by atoms with van der Waals surface area (Å²) in [5.41, 5.74) is 4.45. The summed E-state index contributed by atoms with van der Waals surface area (Å²) in [6, 6.07) is 10.2. The van der Waals surface area contributed by atoms with Crippen molar-refractivity contribution in [3.05, 3.63) is 108 Å². The summed E-state index contributed by atoms with van der Waals surface area (Å²) < 4.78 is 45.0. The number of hydrogen-bond donors (Lipinski definition) is 0. The molecule has 0 N–H and O–H groups in total. The minimum atomic E-state index is -1.20. The van der Waals surface area contributed by atoms with E-state index in [1.807, 2.05) is 62.4 Å². The first-order chi connectivity index (χ1) is 14.1. The zero-order valence-corrected chi connectivity index (χ0v) is 21.0. The van der Waals surface area contributed by atoms with Gasteiger partial charge in [0, 0.05) is 43.4 Å². The molecule has 31 heavy (non-hydrogen) atoms. The molecule has 0 saturated heterocycles. The van der Waals surface area contributed by atoms with E-state index in [2.05, 4.69) is 71.0 Å². The van der Waals surface area contributed by atoms with E-state index < -0.39 is 8.07 Å². The van der Waals surface area contributed by atoms with Gasteiger partial charge in [0.2, 0.25) is 0 Å². The van der Waals surface area contributed by atoms with Crippen LogP contribution in [-0.4, -0.2) is 8.07 Å². The van der Waals surface area contributed by atoms with Crippen molar-refractivity contribution < 1.29 is 65.8 Å². The SMILES string of the molecule is C[Si](C)(C)C#Cc1ccccc1.[C-]#[O+].[C-]#[O+].[C-]#[O+].[C-]#[O+].[C-]#[O+].[C-]#[O+].[CH]1[CH][CH][CH][CH]1.[Co].[Mo]. The first-order valence-electron chi connectivity index (χ1n) is 7.05. The van der Waals surface area contributed by atoms with Crippen molar-refractivity contribution in [3.63, 3.8) is 0 Å². The van der Waals surface area contributed by atoms with Gasteiger partial charge in [0.1, 0.15) is 8.07 Å². The summed E-state index contributed by atoms with van der Waals surface area (Å²) in [5.74, 6) is 3.20. The predicted octanol–water partition coefficient (Wildman–Crippen LogP) is 3.71. The Morgan fingerprint density at radius 2 is 0.839 bits per heavy atom. The van der Waals surface area contributed by atoms with Gasteiger partial charge in [-0.05, 0) is 44.2 Å². The molecule has 1 aromatic carbocycles. The molecule has 0 heterocycles. The molecule has 6 nitrogen and oxygen atoms in total. The van der Waals surface area contributed by atoms with Gasteiger partial charge in [-0.3, -0.25) is 0 Å². The third-order valence-electron chi connectivity index (χ3n) is 1.91. The normalized spacial score (nSPS) is 8.23. The Balaban J connectivity index is -0.0000000395. The second kappa shape index (κ2) is 56.7. The Kier molecular flexibility index (Phi) is 95.0. The van der Waals surface area contributed by atoms with E-state index in [1.165, 1.54) is 0 Å². The summed E-state index contributed by atoms with van der Waals surface area (Å²) in [5, 5.41) is 0. The van der Waals surface area contributed by atoms with Gasteiger partial charge in [-0.25, -0.2) is 0 Å². The zero-order valence-electron chi connectivity index (χ0n) is 17.0. The summed E-state index contributed by atoms with van der Waals surface area (Å²) in [6.07, 6.45) is 10.0. The first kappa shape index (κ1) is 51.9. The molecule has 2 rings (SSSR count). The van der Waals surface area contributed by atoms with Gasteiger partial charge in [0.05, 0.1) is 0 Å². The van der Waals surface area contributed by atoms with Crippen molar-refractivity contribution in [1.29, 1.82) is 0 Å². The number of hydrogen-bond acceptors (Lipinski definition) is 0. The average Bonchev–Trinajstić information content (AvgIpc) is 3.41. The topological polar surface area (TPSA) is 119 Å². The third-order valence-corrected chi connectivity index (χ3v) is 2.79. The van der Waals surface area contributed by atoms with Crippen LogP contribution in [0.4, 0.5) is 0 Å². The predicted molar refractivity (Wildman–Crippen MR) is 102 cm³/mol. The average molecular weight is 562 g/mol. The van der Waals surface area contributed by atoms with Gasteiger partial charge >= 0.3 is 67.8 Å². The van der Waals surface area contributed by atoms with Gasteiger partial charge in [0.15, 0.2) is 0 Å². The molecule has 1 aliphatic rings. The molecular weight excluding hydrogens is 543 g/mol. The molecule has 0 aromatic heterocycles. The Bertz CT molecular complexity index is 562. The Morgan fingerprint density at radius 1 is 0.581 bits per heavy atom. The van der Waals surface area contributed by atoms with Crippen LogP contribution in [0.3, 0.4) is 0 Å². The maximum atomic E-state index is 7.50. The largest absolute Gasteiger partial charge is 0.0312 e. The van der Waals surface area contributed by atoms with Gasteiger partial charge in [-0.15, -0.1) is 5.54 Å². The molecule has 0 atom stereocenters. The van der Waals surface area contributed by atoms with Gasteiger partial charge in [0.25, 0.3) is 0 Å². The molecule has 0 bridgehead atoms. The van der Waals surface area contributed by atoms with Crippen molar-refractivity contribution in [2.24, 2.45) is 0 Å². The van der Waals surface area contributed by atoms with Crippen LogP contribution in [-0.2, 0) is 65.8 Å². The summed E-state index contributed by atoms with van der Waals surface area (Å²) in [4.78, 5) is 0. The fraction of sp³-hybridized carbons (Fsp3) is 0.136. The quantitative estimate of drug-likeness (QED) is 0.198. The fourth-order valence-electron chi connectivity index (χ4n) is 1.10. The summed E-state index contributed by atoms with van der Waals surface area (Å²) in [6.45, 7) is 33.8. The molecule has 0 spiro atoms. The van der Waals surface area contributed by atoms with Crippen molar-refractivity contribution in [3.8, 4) is 11.5 Å². The van der Waals surface area contributed by atoms with Gasteiger partial charge in [-0.2, -0.15) is 0 Å². The van der Waals surface area contributed by atoms with E-state index in [0.717, 1.165) is 5.56 Å². The van der Waals surface area contributed by atoms with Crippen molar-refractivity contribution >= 4 is 8.07 Å². The molecule has 6 radical (unpaired) electrons. The molecule has 0 amide bonds. The van der Waals surface area contributed by atoms with Crippen LogP contribution in [0, 0.1) is 83.5 Å². The van der Waals surface area contributed by atoms with E-state index in [4.69, 9.17) is 27.9 Å². The second-order valence-corrected chi connectivity index (χ2v) is 9.58. The molecule has 162 valence electrons. The molecule has 0 unspecified atom stereocenters. The molecular formula is C22H19CoMoO6Si.